The third-order valence-electron chi connectivity index (χ3n) is 3.13. The van der Waals surface area contributed by atoms with Crippen molar-refractivity contribution >= 4 is 0 Å². The van der Waals surface area contributed by atoms with Crippen molar-refractivity contribution in [1.82, 2.24) is 10.2 Å². The zero-order valence-electron chi connectivity index (χ0n) is 12.2. The maximum absolute atomic E-state index is 8.81. The highest BCUT2D eigenvalue weighted by Crippen LogP contribution is 1.98. The molecule has 0 fully saturated rings. The second kappa shape index (κ2) is 15.9. The van der Waals surface area contributed by atoms with Crippen molar-refractivity contribution < 1.29 is 15.3 Å². The number of nitrogens with one attached hydrogen (secondary N) is 1. The summed E-state index contributed by atoms with van der Waals surface area (Å²) in [5.41, 5.74) is 0. The van der Waals surface area contributed by atoms with Gasteiger partial charge in [-0.25, -0.2) is 0 Å². The van der Waals surface area contributed by atoms with Gasteiger partial charge in [-0.15, -0.1) is 0 Å². The van der Waals surface area contributed by atoms with E-state index in [9.17, 15) is 0 Å². The fourth-order valence-corrected chi connectivity index (χ4v) is 1.95. The molecule has 0 aliphatic heterocycles. The Kier molecular flexibility index (Phi) is 15.7. The minimum Gasteiger partial charge on any atom is -0.396 e. The van der Waals surface area contributed by atoms with E-state index in [0.29, 0.717) is 0 Å². The zero-order chi connectivity index (χ0) is 14.2. The molecule has 0 saturated heterocycles. The van der Waals surface area contributed by atoms with Crippen LogP contribution in [0.15, 0.2) is 0 Å². The predicted octanol–water partition coefficient (Wildman–Crippen LogP) is 0.196. The Morgan fingerprint density at radius 2 is 1.11 bits per heavy atom. The first-order valence-electron chi connectivity index (χ1n) is 7.60. The molecule has 0 unspecified atom stereocenters. The molecule has 0 aliphatic rings. The molecular formula is C14H32N2O3. The highest BCUT2D eigenvalue weighted by atomic mass is 16.3. The lowest BCUT2D eigenvalue weighted by Crippen LogP contribution is -2.34. The average Bonchev–Trinajstić information content (AvgIpc) is 2.42. The van der Waals surface area contributed by atoms with Crippen LogP contribution in [-0.4, -0.2) is 72.8 Å². The summed E-state index contributed by atoms with van der Waals surface area (Å²) >= 11 is 0. The quantitative estimate of drug-likeness (QED) is 0.321. The van der Waals surface area contributed by atoms with Crippen molar-refractivity contribution in [2.75, 3.05) is 52.5 Å². The minimum atomic E-state index is 0.268. The smallest absolute Gasteiger partial charge is 0.0431 e. The molecule has 0 saturated carbocycles. The summed E-state index contributed by atoms with van der Waals surface area (Å²) in [5.74, 6) is 0. The van der Waals surface area contributed by atoms with Crippen LogP contribution in [0.2, 0.25) is 0 Å². The van der Waals surface area contributed by atoms with E-state index in [0.717, 1.165) is 71.2 Å². The molecule has 0 aromatic carbocycles. The van der Waals surface area contributed by atoms with Crippen molar-refractivity contribution in [2.24, 2.45) is 0 Å². The van der Waals surface area contributed by atoms with Crippen LogP contribution in [0.3, 0.4) is 0 Å². The van der Waals surface area contributed by atoms with E-state index in [2.05, 4.69) is 10.2 Å². The molecule has 0 aromatic heterocycles. The van der Waals surface area contributed by atoms with Gasteiger partial charge in [0.1, 0.15) is 0 Å². The van der Waals surface area contributed by atoms with Gasteiger partial charge in [-0.3, -0.25) is 0 Å². The van der Waals surface area contributed by atoms with Gasteiger partial charge in [-0.1, -0.05) is 0 Å². The molecule has 4 N–H and O–H groups in total. The van der Waals surface area contributed by atoms with Crippen molar-refractivity contribution in [2.45, 2.75) is 38.5 Å². The zero-order valence-corrected chi connectivity index (χ0v) is 12.2. The normalized spacial score (nSPS) is 11.4. The van der Waals surface area contributed by atoms with Crippen molar-refractivity contribution in [3.63, 3.8) is 0 Å². The Bertz CT molecular complexity index is 161. The first-order valence-corrected chi connectivity index (χ1v) is 7.60. The lowest BCUT2D eigenvalue weighted by molar-refractivity contribution is 0.226. The first-order chi connectivity index (χ1) is 9.35. The molecule has 0 amide bonds. The summed E-state index contributed by atoms with van der Waals surface area (Å²) in [4.78, 5) is 2.39. The fraction of sp³-hybridized carbons (Fsp3) is 1.00. The summed E-state index contributed by atoms with van der Waals surface area (Å²) in [6, 6.07) is 0. The average molecular weight is 276 g/mol. The number of hydrogen-bond acceptors (Lipinski definition) is 5. The molecular weight excluding hydrogens is 244 g/mol. The number of nitrogens with zero attached hydrogens (tertiary/aromatic N) is 1. The maximum Gasteiger partial charge on any atom is 0.0431 e. The van der Waals surface area contributed by atoms with Crippen LogP contribution in [0.5, 0.6) is 0 Å². The minimum absolute atomic E-state index is 0.268. The Morgan fingerprint density at radius 3 is 1.63 bits per heavy atom. The summed E-state index contributed by atoms with van der Waals surface area (Å²) < 4.78 is 0. The van der Waals surface area contributed by atoms with Crippen LogP contribution < -0.4 is 5.32 Å². The Balaban J connectivity index is 3.58. The second-order valence-corrected chi connectivity index (χ2v) is 4.88. The van der Waals surface area contributed by atoms with Gasteiger partial charge in [0.15, 0.2) is 0 Å². The van der Waals surface area contributed by atoms with Gasteiger partial charge in [0, 0.05) is 32.9 Å². The molecule has 0 aromatic rings. The van der Waals surface area contributed by atoms with E-state index in [1.54, 1.807) is 0 Å². The molecule has 19 heavy (non-hydrogen) atoms. The summed E-state index contributed by atoms with van der Waals surface area (Å²) in [7, 11) is 0. The highest BCUT2D eigenvalue weighted by Gasteiger charge is 2.03. The van der Waals surface area contributed by atoms with Crippen LogP contribution in [0.25, 0.3) is 0 Å². The third kappa shape index (κ3) is 14.0. The van der Waals surface area contributed by atoms with Crippen molar-refractivity contribution in [3.05, 3.63) is 0 Å². The van der Waals surface area contributed by atoms with E-state index in [1.807, 2.05) is 0 Å². The topological polar surface area (TPSA) is 76.0 Å². The van der Waals surface area contributed by atoms with Gasteiger partial charge in [0.05, 0.1) is 0 Å². The number of hydrogen-bond donors (Lipinski definition) is 4. The molecule has 5 heteroatoms. The van der Waals surface area contributed by atoms with Crippen LogP contribution in [0.4, 0.5) is 0 Å². The molecule has 0 heterocycles. The van der Waals surface area contributed by atoms with E-state index in [1.165, 1.54) is 0 Å². The van der Waals surface area contributed by atoms with Gasteiger partial charge < -0.3 is 25.5 Å². The number of rotatable bonds is 15. The van der Waals surface area contributed by atoms with E-state index < -0.39 is 0 Å². The largest absolute Gasteiger partial charge is 0.396 e. The second-order valence-electron chi connectivity index (χ2n) is 4.88. The molecule has 0 aliphatic carbocycles. The molecule has 0 radical (unpaired) electrons. The SMILES string of the molecule is OCCCCNCCN(CCCCO)CCCCO. The molecule has 116 valence electrons. The number of aliphatic hydroxyl groups is 3. The number of unbranched alkanes of at least 4 members (excludes halogenated alkanes) is 3. The van der Waals surface area contributed by atoms with Gasteiger partial charge in [-0.2, -0.15) is 0 Å². The van der Waals surface area contributed by atoms with E-state index in [4.69, 9.17) is 15.3 Å². The Hall–Kier alpha value is -0.200. The van der Waals surface area contributed by atoms with Crippen molar-refractivity contribution in [1.29, 1.82) is 0 Å². The molecule has 0 spiro atoms. The van der Waals surface area contributed by atoms with E-state index >= 15 is 0 Å². The fourth-order valence-electron chi connectivity index (χ4n) is 1.95. The summed E-state index contributed by atoms with van der Waals surface area (Å²) in [6.07, 6.45) is 5.66. The van der Waals surface area contributed by atoms with E-state index in [-0.39, 0.29) is 19.8 Å². The Morgan fingerprint density at radius 1 is 0.579 bits per heavy atom. The lowest BCUT2D eigenvalue weighted by atomic mass is 10.2. The maximum atomic E-state index is 8.81. The standard InChI is InChI=1S/C14H32N2O3/c17-12-4-1-7-15-8-11-16(9-2-5-13-18)10-3-6-14-19/h15,17-19H,1-14H2. The number of aliphatic hydroxyl groups excluding tert-OH is 3. The lowest BCUT2D eigenvalue weighted by Gasteiger charge is -2.22. The molecule has 0 atom stereocenters. The summed E-state index contributed by atoms with van der Waals surface area (Å²) in [6.45, 7) is 5.78. The summed E-state index contributed by atoms with van der Waals surface area (Å²) in [5, 5.41) is 29.7. The third-order valence-corrected chi connectivity index (χ3v) is 3.13. The van der Waals surface area contributed by atoms with Crippen LogP contribution in [0.1, 0.15) is 38.5 Å². The van der Waals surface area contributed by atoms with Crippen LogP contribution in [0, 0.1) is 0 Å². The molecule has 0 rings (SSSR count). The van der Waals surface area contributed by atoms with Crippen LogP contribution >= 0.6 is 0 Å². The predicted molar refractivity (Wildman–Crippen MR) is 78.3 cm³/mol. The van der Waals surface area contributed by atoms with Gasteiger partial charge in [0.25, 0.3) is 0 Å². The molecule has 5 nitrogen and oxygen atoms in total. The van der Waals surface area contributed by atoms with Crippen molar-refractivity contribution in [3.8, 4) is 0 Å². The van der Waals surface area contributed by atoms with Gasteiger partial charge in [0.2, 0.25) is 0 Å². The molecule has 0 bridgehead atoms. The van der Waals surface area contributed by atoms with Gasteiger partial charge in [-0.05, 0) is 58.2 Å². The highest BCUT2D eigenvalue weighted by molar-refractivity contribution is 4.61. The monoisotopic (exact) mass is 276 g/mol. The van der Waals surface area contributed by atoms with Crippen LogP contribution in [-0.2, 0) is 0 Å². The van der Waals surface area contributed by atoms with Gasteiger partial charge >= 0.3 is 0 Å². The Labute approximate surface area is 117 Å². The first kappa shape index (κ1) is 18.8.